The Balaban J connectivity index is 1.47. The summed E-state index contributed by atoms with van der Waals surface area (Å²) in [7, 11) is 1.75. The third kappa shape index (κ3) is 5.60. The number of carbonyl (C=O) groups excluding carboxylic acids is 1. The van der Waals surface area contributed by atoms with Gasteiger partial charge in [0.25, 0.3) is 5.91 Å². The topological polar surface area (TPSA) is 79.1 Å². The van der Waals surface area contributed by atoms with Crippen LogP contribution in [0.25, 0.3) is 0 Å². The third-order valence-corrected chi connectivity index (χ3v) is 5.00. The largest absolute Gasteiger partial charge is 0.459 e. The summed E-state index contributed by atoms with van der Waals surface area (Å²) in [5.74, 6) is 0.677. The first kappa shape index (κ1) is 21.8. The van der Waals surface area contributed by atoms with Gasteiger partial charge in [-0.3, -0.25) is 9.79 Å². The first-order valence-corrected chi connectivity index (χ1v) is 10.2. The van der Waals surface area contributed by atoms with Crippen molar-refractivity contribution in [2.75, 3.05) is 33.2 Å². The molecule has 1 fully saturated rings. The zero-order chi connectivity index (χ0) is 21.5. The fourth-order valence-corrected chi connectivity index (χ4v) is 3.49. The van der Waals surface area contributed by atoms with Gasteiger partial charge in [-0.05, 0) is 44.0 Å². The quantitative estimate of drug-likeness (QED) is 0.430. The summed E-state index contributed by atoms with van der Waals surface area (Å²) in [5.41, 5.74) is 1.77. The van der Waals surface area contributed by atoms with Gasteiger partial charge < -0.3 is 24.7 Å². The van der Waals surface area contributed by atoms with Crippen LogP contribution in [0.4, 0.5) is 4.39 Å². The van der Waals surface area contributed by atoms with Crippen LogP contribution in [0.2, 0.25) is 0 Å². The van der Waals surface area contributed by atoms with Crippen molar-refractivity contribution in [2.24, 2.45) is 4.99 Å². The monoisotopic (exact) mass is 416 g/mol. The number of rotatable bonds is 6. The van der Waals surface area contributed by atoms with Crippen LogP contribution in [-0.4, -0.2) is 56.1 Å². The summed E-state index contributed by atoms with van der Waals surface area (Å²) >= 11 is 0. The molecule has 7 nitrogen and oxygen atoms in total. The number of nitrogens with one attached hydrogen (secondary N) is 2. The van der Waals surface area contributed by atoms with Crippen LogP contribution in [0.3, 0.4) is 0 Å². The van der Waals surface area contributed by atoms with Crippen LogP contribution < -0.4 is 10.6 Å². The first-order valence-electron chi connectivity index (χ1n) is 10.2. The van der Waals surface area contributed by atoms with Crippen molar-refractivity contribution in [3.8, 4) is 0 Å². The molecule has 2 heterocycles. The molecule has 2 N–H and O–H groups in total. The van der Waals surface area contributed by atoms with Crippen molar-refractivity contribution < 1.29 is 18.3 Å². The molecule has 30 heavy (non-hydrogen) atoms. The Bertz CT molecular complexity index is 866. The zero-order valence-corrected chi connectivity index (χ0v) is 17.7. The number of benzene rings is 1. The molecule has 2 atom stereocenters. The standard InChI is InChI=1S/C22H29FN4O3/c1-15-9-12-29-20(15)21(28)25-10-4-11-26-22(24-3)27-13-16(2)30-19(14-27)17-5-7-18(23)8-6-17/h5-9,12,16,19H,4,10-11,13-14H2,1-3H3,(H,24,26)(H,25,28). The minimum Gasteiger partial charge on any atom is -0.459 e. The smallest absolute Gasteiger partial charge is 0.287 e. The summed E-state index contributed by atoms with van der Waals surface area (Å²) in [6, 6.07) is 8.19. The molecule has 1 aromatic heterocycles. The van der Waals surface area contributed by atoms with Gasteiger partial charge in [-0.15, -0.1) is 0 Å². The summed E-state index contributed by atoms with van der Waals surface area (Å²) in [6.45, 7) is 6.39. The molecule has 2 unspecified atom stereocenters. The van der Waals surface area contributed by atoms with Crippen molar-refractivity contribution in [1.82, 2.24) is 15.5 Å². The number of carbonyl (C=O) groups is 1. The Kier molecular flexibility index (Phi) is 7.46. The Morgan fingerprint density at radius 3 is 2.60 bits per heavy atom. The maximum atomic E-state index is 13.2. The molecule has 1 amide bonds. The van der Waals surface area contributed by atoms with E-state index in [1.807, 2.05) is 13.8 Å². The van der Waals surface area contributed by atoms with E-state index < -0.39 is 0 Å². The summed E-state index contributed by atoms with van der Waals surface area (Å²) < 4.78 is 24.5. The van der Waals surface area contributed by atoms with Crippen LogP contribution in [0.1, 0.15) is 41.1 Å². The maximum absolute atomic E-state index is 13.2. The summed E-state index contributed by atoms with van der Waals surface area (Å²) in [4.78, 5) is 18.6. The highest BCUT2D eigenvalue weighted by Gasteiger charge is 2.28. The van der Waals surface area contributed by atoms with Crippen LogP contribution >= 0.6 is 0 Å². The highest BCUT2D eigenvalue weighted by Crippen LogP contribution is 2.25. The fourth-order valence-electron chi connectivity index (χ4n) is 3.49. The van der Waals surface area contributed by atoms with Crippen molar-refractivity contribution >= 4 is 11.9 Å². The predicted molar refractivity (Wildman–Crippen MR) is 113 cm³/mol. The SMILES string of the molecule is CN=C(NCCCNC(=O)c1occc1C)N1CC(C)OC(c2ccc(F)cc2)C1. The predicted octanol–water partition coefficient (Wildman–Crippen LogP) is 2.88. The Morgan fingerprint density at radius 1 is 1.20 bits per heavy atom. The van der Waals surface area contributed by atoms with Crippen LogP contribution in [0.15, 0.2) is 46.0 Å². The number of halogens is 1. The Morgan fingerprint density at radius 2 is 1.93 bits per heavy atom. The van der Waals surface area contributed by atoms with Crippen molar-refractivity contribution in [3.63, 3.8) is 0 Å². The first-order chi connectivity index (χ1) is 14.5. The van der Waals surface area contributed by atoms with Crippen LogP contribution in [0, 0.1) is 12.7 Å². The van der Waals surface area contributed by atoms with Crippen LogP contribution in [0.5, 0.6) is 0 Å². The molecule has 8 heteroatoms. The van der Waals surface area contributed by atoms with Gasteiger partial charge in [0.15, 0.2) is 11.7 Å². The normalized spacial score (nSPS) is 19.6. The van der Waals surface area contributed by atoms with Gasteiger partial charge >= 0.3 is 0 Å². The van der Waals surface area contributed by atoms with E-state index >= 15 is 0 Å². The second kappa shape index (κ2) is 10.2. The van der Waals surface area contributed by atoms with Gasteiger partial charge in [-0.25, -0.2) is 4.39 Å². The van der Waals surface area contributed by atoms with E-state index in [0.29, 0.717) is 31.9 Å². The average Bonchev–Trinajstić information content (AvgIpc) is 3.16. The van der Waals surface area contributed by atoms with Gasteiger partial charge in [0.1, 0.15) is 11.9 Å². The molecule has 162 valence electrons. The number of guanidine groups is 1. The maximum Gasteiger partial charge on any atom is 0.287 e. The zero-order valence-electron chi connectivity index (χ0n) is 17.7. The molecule has 0 aliphatic carbocycles. The van der Waals surface area contributed by atoms with Crippen LogP contribution in [-0.2, 0) is 4.74 Å². The molecule has 1 saturated heterocycles. The second-order valence-electron chi connectivity index (χ2n) is 7.41. The van der Waals surface area contributed by atoms with E-state index in [9.17, 15) is 9.18 Å². The number of aliphatic imine (C=N–C) groups is 1. The fraction of sp³-hybridized carbons (Fsp3) is 0.455. The molecule has 1 aliphatic heterocycles. The molecule has 3 rings (SSSR count). The Hall–Kier alpha value is -2.87. The highest BCUT2D eigenvalue weighted by molar-refractivity contribution is 5.92. The molecular formula is C22H29FN4O3. The number of furan rings is 1. The minimum absolute atomic E-state index is 0.0168. The molecule has 0 spiro atoms. The number of hydrogen-bond acceptors (Lipinski definition) is 4. The number of ether oxygens (including phenoxy) is 1. The lowest BCUT2D eigenvalue weighted by Crippen LogP contribution is -2.51. The summed E-state index contributed by atoms with van der Waals surface area (Å²) in [6.07, 6.45) is 2.12. The molecule has 2 aromatic rings. The van der Waals surface area contributed by atoms with E-state index in [4.69, 9.17) is 9.15 Å². The van der Waals surface area contributed by atoms with Gasteiger partial charge in [0.2, 0.25) is 0 Å². The van der Waals surface area contributed by atoms with Gasteiger partial charge in [0.05, 0.1) is 18.9 Å². The molecule has 0 bridgehead atoms. The van der Waals surface area contributed by atoms with E-state index in [1.54, 1.807) is 25.2 Å². The molecular weight excluding hydrogens is 387 g/mol. The van der Waals surface area contributed by atoms with E-state index in [0.717, 1.165) is 23.5 Å². The Labute approximate surface area is 176 Å². The van der Waals surface area contributed by atoms with Crippen molar-refractivity contribution in [2.45, 2.75) is 32.5 Å². The number of aryl methyl sites for hydroxylation is 1. The number of morpholine rings is 1. The number of amides is 1. The van der Waals surface area contributed by atoms with Crippen molar-refractivity contribution in [3.05, 3.63) is 59.3 Å². The van der Waals surface area contributed by atoms with Crippen molar-refractivity contribution in [1.29, 1.82) is 0 Å². The van der Waals surface area contributed by atoms with E-state index in [2.05, 4.69) is 20.5 Å². The average molecular weight is 416 g/mol. The number of hydrogen-bond donors (Lipinski definition) is 2. The molecule has 1 aromatic carbocycles. The van der Waals surface area contributed by atoms with Gasteiger partial charge in [-0.2, -0.15) is 0 Å². The number of nitrogens with zero attached hydrogens (tertiary/aromatic N) is 2. The lowest BCUT2D eigenvalue weighted by Gasteiger charge is -2.38. The second-order valence-corrected chi connectivity index (χ2v) is 7.41. The molecule has 0 radical (unpaired) electrons. The highest BCUT2D eigenvalue weighted by atomic mass is 19.1. The summed E-state index contributed by atoms with van der Waals surface area (Å²) in [5, 5.41) is 6.21. The van der Waals surface area contributed by atoms with Gasteiger partial charge in [0, 0.05) is 32.2 Å². The van der Waals surface area contributed by atoms with E-state index in [1.165, 1.54) is 18.4 Å². The minimum atomic E-state index is -0.258. The lowest BCUT2D eigenvalue weighted by molar-refractivity contribution is -0.0605. The lowest BCUT2D eigenvalue weighted by atomic mass is 10.1. The molecule has 1 aliphatic rings. The van der Waals surface area contributed by atoms with Gasteiger partial charge in [-0.1, -0.05) is 12.1 Å². The third-order valence-electron chi connectivity index (χ3n) is 5.00. The van der Waals surface area contributed by atoms with E-state index in [-0.39, 0.29) is 23.9 Å². The molecule has 0 saturated carbocycles.